The Morgan fingerprint density at radius 1 is 1.17 bits per heavy atom. The van der Waals surface area contributed by atoms with Crippen molar-refractivity contribution in [3.63, 3.8) is 0 Å². The summed E-state index contributed by atoms with van der Waals surface area (Å²) < 4.78 is 65.9. The first-order chi connectivity index (χ1) is 17.1. The van der Waals surface area contributed by atoms with Crippen LogP contribution < -0.4 is 10.1 Å². The van der Waals surface area contributed by atoms with Crippen molar-refractivity contribution < 1.29 is 31.5 Å². The number of carbonyl (C=O) groups is 1. The number of hydrogen-bond donors (Lipinski definition) is 1. The van der Waals surface area contributed by atoms with Crippen molar-refractivity contribution in [2.75, 3.05) is 5.32 Å². The van der Waals surface area contributed by atoms with Crippen LogP contribution in [-0.4, -0.2) is 25.5 Å². The molecule has 36 heavy (non-hydrogen) atoms. The van der Waals surface area contributed by atoms with Crippen LogP contribution in [0.1, 0.15) is 51.7 Å². The number of alkyl halides is 4. The number of rotatable bonds is 9. The summed E-state index contributed by atoms with van der Waals surface area (Å²) in [6.45, 7) is 3.61. The second kappa shape index (κ2) is 10.4. The Hall–Kier alpha value is -3.80. The van der Waals surface area contributed by atoms with Crippen LogP contribution in [0.3, 0.4) is 0 Å². The number of benzene rings is 1. The molecule has 0 atom stereocenters. The van der Waals surface area contributed by atoms with E-state index in [1.165, 1.54) is 23.0 Å². The number of ether oxygens (including phenoxy) is 1. The van der Waals surface area contributed by atoms with E-state index < -0.39 is 41.7 Å². The van der Waals surface area contributed by atoms with Gasteiger partial charge in [0.1, 0.15) is 22.9 Å². The molecule has 0 unspecified atom stereocenters. The average molecular weight is 526 g/mol. The zero-order valence-electron chi connectivity index (χ0n) is 19.0. The number of anilines is 1. The van der Waals surface area contributed by atoms with Gasteiger partial charge in [0.15, 0.2) is 12.5 Å². The van der Waals surface area contributed by atoms with E-state index in [-0.39, 0.29) is 18.3 Å². The maximum absolute atomic E-state index is 13.3. The van der Waals surface area contributed by atoms with Gasteiger partial charge in [-0.25, -0.2) is 22.2 Å². The van der Waals surface area contributed by atoms with Gasteiger partial charge in [-0.05, 0) is 37.6 Å². The van der Waals surface area contributed by atoms with Gasteiger partial charge in [0.25, 0.3) is 18.8 Å². The molecule has 190 valence electrons. The number of aromatic nitrogens is 4. The predicted octanol–water partition coefficient (Wildman–Crippen LogP) is 6.16. The Balaban J connectivity index is 1.39. The van der Waals surface area contributed by atoms with Gasteiger partial charge in [-0.2, -0.15) is 10.2 Å². The number of nitrogens with one attached hydrogen (secondary N) is 1. The number of furan rings is 1. The highest BCUT2D eigenvalue weighted by molar-refractivity contribution is 6.32. The van der Waals surface area contributed by atoms with Crippen molar-refractivity contribution in [1.82, 2.24) is 19.6 Å². The third kappa shape index (κ3) is 5.54. The molecule has 1 aromatic carbocycles. The molecule has 0 bridgehead atoms. The molecule has 0 fully saturated rings. The minimum Gasteiger partial charge on any atom is -0.471 e. The number of carbonyl (C=O) groups excluding carboxylic acids is 1. The Bertz CT molecular complexity index is 1380. The molecule has 0 saturated carbocycles. The fourth-order valence-corrected chi connectivity index (χ4v) is 3.76. The minimum atomic E-state index is -3.13. The molecular weight excluding hydrogens is 506 g/mol. The zero-order chi connectivity index (χ0) is 26.0. The molecule has 4 aromatic rings. The van der Waals surface area contributed by atoms with Gasteiger partial charge in [-0.3, -0.25) is 9.48 Å². The highest BCUT2D eigenvalue weighted by atomic mass is 35.5. The van der Waals surface area contributed by atoms with Crippen LogP contribution in [0.2, 0.25) is 5.02 Å². The van der Waals surface area contributed by atoms with Gasteiger partial charge in [0.2, 0.25) is 0 Å². The Kier molecular flexibility index (Phi) is 7.34. The first-order valence-electron chi connectivity index (χ1n) is 10.6. The second-order valence-corrected chi connectivity index (χ2v) is 8.25. The van der Waals surface area contributed by atoms with Gasteiger partial charge in [0, 0.05) is 0 Å². The summed E-state index contributed by atoms with van der Waals surface area (Å²) >= 11 is 5.65. The zero-order valence-corrected chi connectivity index (χ0v) is 19.8. The van der Waals surface area contributed by atoms with Crippen LogP contribution in [0.15, 0.2) is 47.1 Å². The Morgan fingerprint density at radius 3 is 2.64 bits per heavy atom. The third-order valence-corrected chi connectivity index (χ3v) is 5.52. The minimum absolute atomic E-state index is 0.0413. The second-order valence-electron chi connectivity index (χ2n) is 7.87. The van der Waals surface area contributed by atoms with E-state index in [1.54, 1.807) is 6.20 Å². The molecule has 0 radical (unpaired) electrons. The van der Waals surface area contributed by atoms with E-state index in [9.17, 15) is 22.4 Å². The van der Waals surface area contributed by atoms with Gasteiger partial charge in [-0.1, -0.05) is 29.3 Å². The van der Waals surface area contributed by atoms with Crippen LogP contribution in [0.25, 0.3) is 0 Å². The highest BCUT2D eigenvalue weighted by Crippen LogP contribution is 2.35. The quantitative estimate of drug-likeness (QED) is 0.265. The van der Waals surface area contributed by atoms with E-state index in [0.29, 0.717) is 16.1 Å². The monoisotopic (exact) mass is 525 g/mol. The van der Waals surface area contributed by atoms with Gasteiger partial charge in [0.05, 0.1) is 29.6 Å². The fraction of sp³-hybridized carbons (Fsp3) is 0.261. The number of hydrogen-bond acceptors (Lipinski definition) is 5. The summed E-state index contributed by atoms with van der Waals surface area (Å²) in [4.78, 5) is 12.5. The lowest BCUT2D eigenvalue weighted by atomic mass is 10.1. The normalized spacial score (nSPS) is 11.5. The molecule has 1 N–H and O–H groups in total. The summed E-state index contributed by atoms with van der Waals surface area (Å²) in [5.74, 6) is -0.00861. The van der Waals surface area contributed by atoms with Crippen LogP contribution in [0.4, 0.5) is 23.2 Å². The average Bonchev–Trinajstić information content (AvgIpc) is 3.52. The Labute approximate surface area is 207 Å². The molecule has 13 heteroatoms. The molecular formula is C23H20ClF4N5O3. The first-order valence-corrected chi connectivity index (χ1v) is 10.9. The standard InChI is InChI=1S/C23H20ClF4N5O3/c1-12-3-5-16(13(2)7-12)35-11-32-9-14(8-29-32)30-23(34)17-6-4-15(36-17)10-33-20(22(27)28)18(24)19(31-33)21(25)26/h3-9,21-22H,10-11H2,1-2H3,(H,30,34). The maximum atomic E-state index is 13.3. The molecule has 1 amide bonds. The summed E-state index contributed by atoms with van der Waals surface area (Å²) in [6, 6.07) is 8.46. The number of amides is 1. The van der Waals surface area contributed by atoms with Crippen LogP contribution >= 0.6 is 11.6 Å². The van der Waals surface area contributed by atoms with Crippen LogP contribution in [0, 0.1) is 13.8 Å². The molecule has 8 nitrogen and oxygen atoms in total. The van der Waals surface area contributed by atoms with Gasteiger partial charge >= 0.3 is 0 Å². The van der Waals surface area contributed by atoms with E-state index >= 15 is 0 Å². The molecule has 0 aliphatic rings. The van der Waals surface area contributed by atoms with Crippen molar-refractivity contribution >= 4 is 23.2 Å². The number of halogens is 5. The maximum Gasteiger partial charge on any atom is 0.291 e. The first kappa shape index (κ1) is 25.3. The van der Waals surface area contributed by atoms with Gasteiger partial charge in [-0.15, -0.1) is 0 Å². The molecule has 0 aliphatic carbocycles. The smallest absolute Gasteiger partial charge is 0.291 e. The lowest BCUT2D eigenvalue weighted by molar-refractivity contribution is 0.0994. The highest BCUT2D eigenvalue weighted by Gasteiger charge is 2.28. The van der Waals surface area contributed by atoms with Crippen LogP contribution in [-0.2, 0) is 13.3 Å². The van der Waals surface area contributed by atoms with Crippen molar-refractivity contribution in [3.8, 4) is 5.75 Å². The summed E-state index contributed by atoms with van der Waals surface area (Å²) in [7, 11) is 0. The lowest BCUT2D eigenvalue weighted by Gasteiger charge is -2.09. The summed E-state index contributed by atoms with van der Waals surface area (Å²) in [5, 5.41) is 9.39. The van der Waals surface area contributed by atoms with E-state index in [1.807, 2.05) is 32.0 Å². The SMILES string of the molecule is Cc1ccc(OCn2cc(NC(=O)c3ccc(Cn4nc(C(F)F)c(Cl)c4C(F)F)o3)cn2)c(C)c1. The molecule has 3 heterocycles. The molecule has 0 spiro atoms. The van der Waals surface area contributed by atoms with E-state index in [4.69, 9.17) is 20.8 Å². The number of nitrogens with zero attached hydrogens (tertiary/aromatic N) is 4. The van der Waals surface area contributed by atoms with Crippen molar-refractivity contribution in [1.29, 1.82) is 0 Å². The van der Waals surface area contributed by atoms with E-state index in [0.717, 1.165) is 11.1 Å². The summed E-state index contributed by atoms with van der Waals surface area (Å²) in [5.41, 5.74) is 0.654. The topological polar surface area (TPSA) is 87.1 Å². The Morgan fingerprint density at radius 2 is 1.94 bits per heavy atom. The largest absolute Gasteiger partial charge is 0.471 e. The third-order valence-electron chi connectivity index (χ3n) is 5.13. The number of aryl methyl sites for hydroxylation is 2. The molecule has 3 aromatic heterocycles. The molecule has 4 rings (SSSR count). The lowest BCUT2D eigenvalue weighted by Crippen LogP contribution is -2.11. The summed E-state index contributed by atoms with van der Waals surface area (Å²) in [6.07, 6.45) is -3.29. The van der Waals surface area contributed by atoms with Crippen molar-refractivity contribution in [2.45, 2.75) is 40.0 Å². The predicted molar refractivity (Wildman–Crippen MR) is 122 cm³/mol. The van der Waals surface area contributed by atoms with Crippen molar-refractivity contribution in [2.24, 2.45) is 0 Å². The fourth-order valence-electron chi connectivity index (χ4n) is 3.46. The van der Waals surface area contributed by atoms with Crippen LogP contribution in [0.5, 0.6) is 5.75 Å². The molecule has 0 aliphatic heterocycles. The van der Waals surface area contributed by atoms with Crippen molar-refractivity contribution in [3.05, 3.63) is 81.8 Å². The van der Waals surface area contributed by atoms with Gasteiger partial charge < -0.3 is 14.5 Å². The van der Waals surface area contributed by atoms with E-state index in [2.05, 4.69) is 15.5 Å². The molecule has 0 saturated heterocycles.